The van der Waals surface area contributed by atoms with Crippen LogP contribution in [0.4, 0.5) is 5.82 Å². The lowest BCUT2D eigenvalue weighted by atomic mass is 9.97. The maximum Gasteiger partial charge on any atom is 0.244 e. The smallest absolute Gasteiger partial charge is 0.244 e. The minimum atomic E-state index is -3.76. The third-order valence-corrected chi connectivity index (χ3v) is 7.20. The summed E-state index contributed by atoms with van der Waals surface area (Å²) < 4.78 is 27.0. The summed E-state index contributed by atoms with van der Waals surface area (Å²) in [5, 5.41) is 3.26. The van der Waals surface area contributed by atoms with Crippen molar-refractivity contribution < 1.29 is 13.2 Å². The van der Waals surface area contributed by atoms with Gasteiger partial charge in [-0.3, -0.25) is 4.79 Å². The Labute approximate surface area is 168 Å². The molecular formula is C18H19Cl2N3O3S. The largest absolute Gasteiger partial charge is 0.310 e. The molecule has 144 valence electrons. The van der Waals surface area contributed by atoms with Crippen LogP contribution in [0.3, 0.4) is 0 Å². The van der Waals surface area contributed by atoms with Crippen molar-refractivity contribution in [2.45, 2.75) is 24.7 Å². The average molecular weight is 428 g/mol. The monoisotopic (exact) mass is 427 g/mol. The van der Waals surface area contributed by atoms with Gasteiger partial charge in [0.2, 0.25) is 15.9 Å². The van der Waals surface area contributed by atoms with Gasteiger partial charge in [-0.15, -0.1) is 0 Å². The number of sulfonamides is 1. The fourth-order valence-electron chi connectivity index (χ4n) is 3.01. The van der Waals surface area contributed by atoms with Gasteiger partial charge in [-0.1, -0.05) is 29.3 Å². The van der Waals surface area contributed by atoms with Crippen LogP contribution in [-0.2, 0) is 14.8 Å². The summed E-state index contributed by atoms with van der Waals surface area (Å²) in [5.41, 5.74) is 0.876. The van der Waals surface area contributed by atoms with Crippen LogP contribution in [0.1, 0.15) is 18.4 Å². The number of anilines is 1. The quantitative estimate of drug-likeness (QED) is 0.805. The number of aryl methyl sites for hydroxylation is 1. The molecule has 0 atom stereocenters. The minimum absolute atomic E-state index is 0.0105. The first kappa shape index (κ1) is 20.1. The minimum Gasteiger partial charge on any atom is -0.310 e. The molecule has 1 aliphatic rings. The van der Waals surface area contributed by atoms with Crippen LogP contribution in [-0.4, -0.2) is 36.7 Å². The van der Waals surface area contributed by atoms with Crippen LogP contribution in [0.2, 0.25) is 10.0 Å². The van der Waals surface area contributed by atoms with E-state index >= 15 is 0 Å². The first-order valence-corrected chi connectivity index (χ1v) is 10.7. The van der Waals surface area contributed by atoms with E-state index in [-0.39, 0.29) is 34.8 Å². The second-order valence-corrected chi connectivity index (χ2v) is 9.16. The molecule has 0 bridgehead atoms. The fourth-order valence-corrected chi connectivity index (χ4v) is 5.21. The third-order valence-electron chi connectivity index (χ3n) is 4.59. The lowest BCUT2D eigenvalue weighted by molar-refractivity contribution is -0.120. The maximum atomic E-state index is 12.8. The number of carbonyl (C=O) groups is 1. The van der Waals surface area contributed by atoms with Gasteiger partial charge in [-0.25, -0.2) is 13.4 Å². The Balaban J connectivity index is 1.67. The Bertz CT molecular complexity index is 958. The molecule has 0 aliphatic carbocycles. The summed E-state index contributed by atoms with van der Waals surface area (Å²) >= 11 is 12.0. The Morgan fingerprint density at radius 1 is 1.22 bits per heavy atom. The average Bonchev–Trinajstić information content (AvgIpc) is 2.65. The molecule has 1 saturated heterocycles. The summed E-state index contributed by atoms with van der Waals surface area (Å²) in [6, 6.07) is 8.02. The molecule has 1 N–H and O–H groups in total. The van der Waals surface area contributed by atoms with Gasteiger partial charge in [0.1, 0.15) is 10.7 Å². The number of nitrogens with one attached hydrogen (secondary N) is 1. The van der Waals surface area contributed by atoms with Gasteiger partial charge in [0.15, 0.2) is 0 Å². The molecular weight excluding hydrogens is 409 g/mol. The molecule has 27 heavy (non-hydrogen) atoms. The van der Waals surface area contributed by atoms with E-state index in [0.717, 1.165) is 5.56 Å². The van der Waals surface area contributed by atoms with E-state index in [0.29, 0.717) is 23.7 Å². The van der Waals surface area contributed by atoms with E-state index in [1.165, 1.54) is 16.4 Å². The van der Waals surface area contributed by atoms with Gasteiger partial charge in [-0.05, 0) is 49.6 Å². The number of amides is 1. The molecule has 1 fully saturated rings. The first-order valence-electron chi connectivity index (χ1n) is 8.46. The Morgan fingerprint density at radius 3 is 2.59 bits per heavy atom. The highest BCUT2D eigenvalue weighted by Crippen LogP contribution is 2.30. The first-order chi connectivity index (χ1) is 12.8. The summed E-state index contributed by atoms with van der Waals surface area (Å²) in [4.78, 5) is 16.6. The van der Waals surface area contributed by atoms with Crippen molar-refractivity contribution in [1.29, 1.82) is 0 Å². The zero-order valence-corrected chi connectivity index (χ0v) is 17.0. The summed E-state index contributed by atoms with van der Waals surface area (Å²) in [6.45, 7) is 2.35. The Morgan fingerprint density at radius 2 is 1.93 bits per heavy atom. The number of rotatable bonds is 4. The van der Waals surface area contributed by atoms with Crippen molar-refractivity contribution in [3.8, 4) is 0 Å². The van der Waals surface area contributed by atoms with Crippen molar-refractivity contribution in [3.05, 3.63) is 52.1 Å². The number of hydrogen-bond donors (Lipinski definition) is 1. The van der Waals surface area contributed by atoms with E-state index in [9.17, 15) is 13.2 Å². The molecule has 0 spiro atoms. The number of carbonyl (C=O) groups excluding carboxylic acids is 1. The molecule has 3 rings (SSSR count). The highest BCUT2D eigenvalue weighted by Gasteiger charge is 2.33. The highest BCUT2D eigenvalue weighted by molar-refractivity contribution is 7.89. The molecule has 0 radical (unpaired) electrons. The predicted molar refractivity (Wildman–Crippen MR) is 106 cm³/mol. The zero-order chi connectivity index (χ0) is 19.6. The number of piperidine rings is 1. The van der Waals surface area contributed by atoms with E-state index in [1.54, 1.807) is 18.3 Å². The van der Waals surface area contributed by atoms with E-state index in [1.807, 2.05) is 13.0 Å². The molecule has 1 aliphatic heterocycles. The second-order valence-electron chi connectivity index (χ2n) is 6.41. The SMILES string of the molecule is Cc1cccnc1NC(=O)C1CCN(S(=O)(=O)c2cc(Cl)ccc2Cl)CC1. The van der Waals surface area contributed by atoms with Gasteiger partial charge < -0.3 is 5.32 Å². The van der Waals surface area contributed by atoms with Crippen molar-refractivity contribution >= 4 is 45.0 Å². The molecule has 1 amide bonds. The summed E-state index contributed by atoms with van der Waals surface area (Å²) in [7, 11) is -3.76. The second kappa shape index (κ2) is 8.14. The standard InChI is InChI=1S/C18H19Cl2N3O3S/c1-12-3-2-8-21-17(12)22-18(24)13-6-9-23(10-7-13)27(25,26)16-11-14(19)4-5-15(16)20/h2-5,8,11,13H,6-7,9-10H2,1H3,(H,21,22,24). The highest BCUT2D eigenvalue weighted by atomic mass is 35.5. The van der Waals surface area contributed by atoms with Gasteiger partial charge in [0, 0.05) is 30.2 Å². The van der Waals surface area contributed by atoms with Gasteiger partial charge in [-0.2, -0.15) is 4.31 Å². The van der Waals surface area contributed by atoms with Gasteiger partial charge >= 0.3 is 0 Å². The predicted octanol–water partition coefficient (Wildman–Crippen LogP) is 3.74. The van der Waals surface area contributed by atoms with E-state index < -0.39 is 10.0 Å². The van der Waals surface area contributed by atoms with Crippen LogP contribution in [0.15, 0.2) is 41.4 Å². The van der Waals surface area contributed by atoms with Gasteiger partial charge in [0.05, 0.1) is 5.02 Å². The summed E-state index contributed by atoms with van der Waals surface area (Å²) in [5.74, 6) is 0.116. The van der Waals surface area contributed by atoms with Crippen molar-refractivity contribution in [2.75, 3.05) is 18.4 Å². The maximum absolute atomic E-state index is 12.8. The third kappa shape index (κ3) is 4.43. The topological polar surface area (TPSA) is 79.4 Å². The molecule has 6 nitrogen and oxygen atoms in total. The molecule has 0 unspecified atom stereocenters. The number of nitrogens with zero attached hydrogens (tertiary/aromatic N) is 2. The molecule has 9 heteroatoms. The molecule has 0 saturated carbocycles. The number of pyridine rings is 1. The number of hydrogen-bond acceptors (Lipinski definition) is 4. The number of halogens is 2. The van der Waals surface area contributed by atoms with Crippen molar-refractivity contribution in [3.63, 3.8) is 0 Å². The summed E-state index contributed by atoms with van der Waals surface area (Å²) in [6.07, 6.45) is 2.47. The van der Waals surface area contributed by atoms with E-state index in [4.69, 9.17) is 23.2 Å². The molecule has 1 aromatic carbocycles. The fraction of sp³-hybridized carbons (Fsp3) is 0.333. The van der Waals surface area contributed by atoms with Crippen LogP contribution in [0, 0.1) is 12.8 Å². The molecule has 1 aromatic heterocycles. The van der Waals surface area contributed by atoms with Crippen molar-refractivity contribution in [2.24, 2.45) is 5.92 Å². The van der Waals surface area contributed by atoms with Crippen molar-refractivity contribution in [1.82, 2.24) is 9.29 Å². The lowest BCUT2D eigenvalue weighted by Crippen LogP contribution is -2.41. The normalized spacial score (nSPS) is 16.3. The zero-order valence-electron chi connectivity index (χ0n) is 14.7. The van der Waals surface area contributed by atoms with Crippen LogP contribution in [0.25, 0.3) is 0 Å². The van der Waals surface area contributed by atoms with E-state index in [2.05, 4.69) is 10.3 Å². The lowest BCUT2D eigenvalue weighted by Gasteiger charge is -2.30. The molecule has 2 heterocycles. The molecule has 2 aromatic rings. The van der Waals surface area contributed by atoms with Gasteiger partial charge in [0.25, 0.3) is 0 Å². The number of benzene rings is 1. The van der Waals surface area contributed by atoms with Crippen LogP contribution in [0.5, 0.6) is 0 Å². The van der Waals surface area contributed by atoms with Crippen LogP contribution < -0.4 is 5.32 Å². The number of aromatic nitrogens is 1. The Kier molecular flexibility index (Phi) is 6.05. The Hall–Kier alpha value is -1.67. The van der Waals surface area contributed by atoms with Crippen LogP contribution >= 0.6 is 23.2 Å².